The number of nitrogens with zero attached hydrogens (tertiary/aromatic N) is 7. The predicted octanol–water partition coefficient (Wildman–Crippen LogP) is 1.89. The number of amides is 1. The molecule has 0 unspecified atom stereocenters. The van der Waals surface area contributed by atoms with Gasteiger partial charge in [0.05, 0.1) is 17.4 Å². The molecule has 33 heavy (non-hydrogen) atoms. The summed E-state index contributed by atoms with van der Waals surface area (Å²) in [5.41, 5.74) is 4.70. The Morgan fingerprint density at radius 2 is 2.12 bits per heavy atom. The quantitative estimate of drug-likeness (QED) is 0.406. The largest absolute Gasteiger partial charge is 0.373 e. The molecule has 6 rings (SSSR count). The van der Waals surface area contributed by atoms with E-state index in [0.717, 1.165) is 48.5 Å². The van der Waals surface area contributed by atoms with Gasteiger partial charge in [0.25, 0.3) is 5.91 Å². The molecule has 3 aromatic heterocycles. The van der Waals surface area contributed by atoms with Gasteiger partial charge in [-0.15, -0.1) is 5.10 Å². The van der Waals surface area contributed by atoms with Gasteiger partial charge in [0.15, 0.2) is 5.65 Å². The van der Waals surface area contributed by atoms with Gasteiger partial charge in [-0.1, -0.05) is 11.6 Å². The summed E-state index contributed by atoms with van der Waals surface area (Å²) >= 11 is 0. The van der Waals surface area contributed by atoms with E-state index in [1.54, 1.807) is 15.4 Å². The molecule has 170 valence electrons. The standard InChI is InChI=1S/C22H26N10O/c1-23-19-9-18-26-16-7-13(8-17-20(16)28-29-30(17)2)12-31-6-4-3-5-14(31)10-24-22(33)15-11-25-32(19)21(15)27-18/h7-9,11,14,23H,3-6,10,12H2,1-2H3,(H,24,33)(H,26,27)/t14-/m1/s1. The predicted molar refractivity (Wildman–Crippen MR) is 125 cm³/mol. The summed E-state index contributed by atoms with van der Waals surface area (Å²) in [5.74, 6) is 1.16. The molecule has 4 bridgehead atoms. The molecule has 11 nitrogen and oxygen atoms in total. The number of benzene rings is 1. The number of rotatable bonds is 1. The number of hydrogen-bond donors (Lipinski definition) is 3. The van der Waals surface area contributed by atoms with Gasteiger partial charge >= 0.3 is 0 Å². The van der Waals surface area contributed by atoms with E-state index < -0.39 is 0 Å². The van der Waals surface area contributed by atoms with Crippen molar-refractivity contribution in [2.75, 3.05) is 30.8 Å². The molecule has 2 aliphatic rings. The summed E-state index contributed by atoms with van der Waals surface area (Å²) in [6, 6.07) is 6.43. The van der Waals surface area contributed by atoms with Gasteiger partial charge < -0.3 is 16.0 Å². The molecule has 2 aliphatic heterocycles. The normalized spacial score (nSPS) is 19.2. The second-order valence-corrected chi connectivity index (χ2v) is 8.75. The number of nitrogens with one attached hydrogen (secondary N) is 3. The number of fused-ring (bicyclic) bond motifs is 6. The SMILES string of the molecule is CNc1cc2nc3c(cnn13)C(=O)NC[C@H]1CCCCN1Cc1cc(c3nnn(C)c3c1)N2. The molecule has 4 aromatic rings. The fourth-order valence-corrected chi connectivity index (χ4v) is 4.92. The number of anilines is 3. The van der Waals surface area contributed by atoms with Crippen LogP contribution in [0.4, 0.5) is 17.3 Å². The molecule has 0 spiro atoms. The van der Waals surface area contributed by atoms with Crippen molar-refractivity contribution in [3.8, 4) is 0 Å². The molecule has 0 aliphatic carbocycles. The van der Waals surface area contributed by atoms with Crippen LogP contribution >= 0.6 is 0 Å². The van der Waals surface area contributed by atoms with Crippen molar-refractivity contribution in [1.29, 1.82) is 0 Å². The molecule has 1 saturated heterocycles. The average molecular weight is 447 g/mol. The summed E-state index contributed by atoms with van der Waals surface area (Å²) in [5, 5.41) is 22.7. The minimum Gasteiger partial charge on any atom is -0.373 e. The van der Waals surface area contributed by atoms with Crippen LogP contribution < -0.4 is 16.0 Å². The zero-order valence-corrected chi connectivity index (χ0v) is 18.7. The van der Waals surface area contributed by atoms with Crippen LogP contribution in [0.2, 0.25) is 0 Å². The van der Waals surface area contributed by atoms with Gasteiger partial charge in [-0.25, -0.2) is 9.67 Å². The minimum absolute atomic E-state index is 0.158. The molecule has 1 fully saturated rings. The maximum atomic E-state index is 13.1. The van der Waals surface area contributed by atoms with Crippen molar-refractivity contribution in [2.45, 2.75) is 31.8 Å². The lowest BCUT2D eigenvalue weighted by molar-refractivity contribution is 0.0909. The van der Waals surface area contributed by atoms with Gasteiger partial charge in [-0.2, -0.15) is 9.61 Å². The Labute approximate surface area is 190 Å². The zero-order chi connectivity index (χ0) is 22.5. The molecule has 11 heteroatoms. The highest BCUT2D eigenvalue weighted by Gasteiger charge is 2.25. The fourth-order valence-electron chi connectivity index (χ4n) is 4.92. The van der Waals surface area contributed by atoms with E-state index in [-0.39, 0.29) is 11.9 Å². The highest BCUT2D eigenvalue weighted by atomic mass is 16.1. The summed E-state index contributed by atoms with van der Waals surface area (Å²) in [6.45, 7) is 2.40. The first kappa shape index (κ1) is 19.9. The van der Waals surface area contributed by atoms with E-state index in [1.165, 1.54) is 12.0 Å². The second-order valence-electron chi connectivity index (χ2n) is 8.75. The van der Waals surface area contributed by atoms with Crippen LogP contribution in [-0.2, 0) is 13.6 Å². The van der Waals surface area contributed by atoms with E-state index in [0.29, 0.717) is 23.6 Å². The van der Waals surface area contributed by atoms with Gasteiger partial charge in [0.2, 0.25) is 0 Å². The van der Waals surface area contributed by atoms with Crippen LogP contribution in [0.15, 0.2) is 24.4 Å². The number of aromatic nitrogens is 6. The van der Waals surface area contributed by atoms with Gasteiger partial charge in [-0.3, -0.25) is 9.69 Å². The Hall–Kier alpha value is -3.73. The molecule has 1 amide bonds. The molecule has 0 saturated carbocycles. The van der Waals surface area contributed by atoms with E-state index in [1.807, 2.05) is 20.2 Å². The summed E-state index contributed by atoms with van der Waals surface area (Å²) in [6.07, 6.45) is 4.97. The van der Waals surface area contributed by atoms with Crippen LogP contribution in [0.25, 0.3) is 16.7 Å². The third-order valence-corrected chi connectivity index (χ3v) is 6.65. The molecule has 1 aromatic carbocycles. The third kappa shape index (κ3) is 3.35. The Bertz CT molecular complexity index is 1370. The maximum Gasteiger partial charge on any atom is 0.256 e. The first-order valence-electron chi connectivity index (χ1n) is 11.3. The van der Waals surface area contributed by atoms with Crippen molar-refractivity contribution >= 4 is 39.9 Å². The first-order chi connectivity index (χ1) is 16.1. The topological polar surface area (TPSA) is 117 Å². The number of aryl methyl sites for hydroxylation is 1. The fraction of sp³-hybridized carbons (Fsp3) is 0.409. The highest BCUT2D eigenvalue weighted by molar-refractivity contribution is 6.00. The number of carbonyl (C=O) groups is 1. The Morgan fingerprint density at radius 3 is 3.00 bits per heavy atom. The Kier molecular flexibility index (Phi) is 4.64. The van der Waals surface area contributed by atoms with Gasteiger partial charge in [-0.05, 0) is 37.1 Å². The van der Waals surface area contributed by atoms with E-state index in [4.69, 9.17) is 4.98 Å². The van der Waals surface area contributed by atoms with Crippen LogP contribution in [0.3, 0.4) is 0 Å². The number of hydrogen-bond acceptors (Lipinski definition) is 8. The Balaban J connectivity index is 1.55. The van der Waals surface area contributed by atoms with Crippen LogP contribution in [0.1, 0.15) is 35.2 Å². The van der Waals surface area contributed by atoms with E-state index in [9.17, 15) is 4.79 Å². The smallest absolute Gasteiger partial charge is 0.256 e. The van der Waals surface area contributed by atoms with Crippen LogP contribution in [0, 0.1) is 0 Å². The summed E-state index contributed by atoms with van der Waals surface area (Å²) < 4.78 is 3.44. The van der Waals surface area contributed by atoms with Crippen LogP contribution in [-0.4, -0.2) is 66.6 Å². The second kappa shape index (κ2) is 7.69. The number of carbonyl (C=O) groups excluding carboxylic acids is 1. The lowest BCUT2D eigenvalue weighted by Crippen LogP contribution is -2.46. The van der Waals surface area contributed by atoms with Gasteiger partial charge in [0.1, 0.15) is 22.7 Å². The lowest BCUT2D eigenvalue weighted by Gasteiger charge is -2.36. The van der Waals surface area contributed by atoms with Gasteiger partial charge in [0, 0.05) is 39.3 Å². The molecule has 3 N–H and O–H groups in total. The molecular weight excluding hydrogens is 420 g/mol. The van der Waals surface area contributed by atoms with Crippen molar-refractivity contribution in [2.24, 2.45) is 7.05 Å². The summed E-state index contributed by atoms with van der Waals surface area (Å²) in [7, 11) is 3.72. The Morgan fingerprint density at radius 1 is 1.21 bits per heavy atom. The minimum atomic E-state index is -0.158. The van der Waals surface area contributed by atoms with E-state index in [2.05, 4.69) is 48.4 Å². The summed E-state index contributed by atoms with van der Waals surface area (Å²) in [4.78, 5) is 20.3. The van der Waals surface area contributed by atoms with Crippen molar-refractivity contribution in [3.05, 3.63) is 35.5 Å². The number of piperidine rings is 1. The molecule has 1 atom stereocenters. The maximum absolute atomic E-state index is 13.1. The third-order valence-electron chi connectivity index (χ3n) is 6.65. The lowest BCUT2D eigenvalue weighted by atomic mass is 10.0. The molecular formula is C22H26N10O. The monoisotopic (exact) mass is 446 g/mol. The highest BCUT2D eigenvalue weighted by Crippen LogP contribution is 2.30. The molecule has 0 radical (unpaired) electrons. The molecule has 5 heterocycles. The first-order valence-corrected chi connectivity index (χ1v) is 11.3. The van der Waals surface area contributed by atoms with Crippen molar-refractivity contribution < 1.29 is 4.79 Å². The van der Waals surface area contributed by atoms with Crippen molar-refractivity contribution in [3.63, 3.8) is 0 Å². The zero-order valence-electron chi connectivity index (χ0n) is 18.7. The average Bonchev–Trinajstić information content (AvgIpc) is 3.41. The van der Waals surface area contributed by atoms with Crippen LogP contribution in [0.5, 0.6) is 0 Å². The van der Waals surface area contributed by atoms with Crippen molar-refractivity contribution in [1.82, 2.24) is 39.8 Å². The van der Waals surface area contributed by atoms with E-state index >= 15 is 0 Å².